The molecule has 2 saturated carbocycles. The number of carbonyl (C=O) groups excluding carboxylic acids is 2. The number of rotatable bonds is 1. The summed E-state index contributed by atoms with van der Waals surface area (Å²) >= 11 is 0. The third-order valence-corrected chi connectivity index (χ3v) is 8.74. The molecule has 4 aliphatic rings. The Balaban J connectivity index is 1.60. The van der Waals surface area contributed by atoms with Crippen molar-refractivity contribution in [3.05, 3.63) is 11.8 Å². The summed E-state index contributed by atoms with van der Waals surface area (Å²) in [4.78, 5) is 25.1. The molecule has 1 aliphatic heterocycles. The molecule has 1 amide bonds. The summed E-state index contributed by atoms with van der Waals surface area (Å²) in [5.41, 5.74) is 0.591. The van der Waals surface area contributed by atoms with E-state index in [1.165, 1.54) is 0 Å². The number of hydrogen-bond donors (Lipinski definition) is 2. The Morgan fingerprint density at radius 3 is 2.57 bits per heavy atom. The van der Waals surface area contributed by atoms with E-state index in [4.69, 9.17) is 0 Å². The first-order valence-corrected chi connectivity index (χ1v) is 11.0. The van der Waals surface area contributed by atoms with Gasteiger partial charge >= 0.3 is 0 Å². The summed E-state index contributed by atoms with van der Waals surface area (Å²) in [6.07, 6.45) is 7.50. The molecule has 0 bridgehead atoms. The van der Waals surface area contributed by atoms with Crippen LogP contribution in [-0.2, 0) is 9.59 Å². The molecule has 5 heteroatoms. The molecule has 0 aromatic rings. The SMILES string of the molecule is CC(C)(C)N(O)C(=O)[C@H]1CCC2C3CNC4=CC(=O)CC[C@]4(C)C3CC[C@@]21C. The van der Waals surface area contributed by atoms with Gasteiger partial charge < -0.3 is 5.32 Å². The molecule has 1 saturated heterocycles. The number of nitrogens with one attached hydrogen (secondary N) is 1. The number of allylic oxidation sites excluding steroid dienone is 2. The van der Waals surface area contributed by atoms with Crippen molar-refractivity contribution < 1.29 is 14.8 Å². The van der Waals surface area contributed by atoms with Crippen LogP contribution in [0.15, 0.2) is 11.8 Å². The number of piperidine rings is 1. The van der Waals surface area contributed by atoms with Crippen LogP contribution in [0.5, 0.6) is 0 Å². The fourth-order valence-electron chi connectivity index (χ4n) is 7.03. The molecule has 2 N–H and O–H groups in total. The monoisotopic (exact) mass is 388 g/mol. The first-order valence-electron chi connectivity index (χ1n) is 11.0. The van der Waals surface area contributed by atoms with Gasteiger partial charge in [-0.15, -0.1) is 0 Å². The maximum absolute atomic E-state index is 13.2. The first kappa shape index (κ1) is 19.9. The van der Waals surface area contributed by atoms with Gasteiger partial charge in [0.25, 0.3) is 0 Å². The third kappa shape index (κ3) is 2.76. The molecule has 0 aromatic carbocycles. The quantitative estimate of drug-likeness (QED) is 0.528. The molecule has 5 nitrogen and oxygen atoms in total. The zero-order valence-corrected chi connectivity index (χ0v) is 18.0. The van der Waals surface area contributed by atoms with E-state index < -0.39 is 5.54 Å². The van der Waals surface area contributed by atoms with Crippen LogP contribution in [0, 0.1) is 34.5 Å². The van der Waals surface area contributed by atoms with Crippen molar-refractivity contribution in [1.29, 1.82) is 0 Å². The van der Waals surface area contributed by atoms with Crippen LogP contribution in [0.2, 0.25) is 0 Å². The molecular weight excluding hydrogens is 352 g/mol. The van der Waals surface area contributed by atoms with Gasteiger partial charge in [-0.25, -0.2) is 5.06 Å². The molecule has 156 valence electrons. The molecule has 6 atom stereocenters. The minimum Gasteiger partial charge on any atom is -0.387 e. The van der Waals surface area contributed by atoms with Gasteiger partial charge in [-0.3, -0.25) is 14.8 Å². The predicted molar refractivity (Wildman–Crippen MR) is 107 cm³/mol. The van der Waals surface area contributed by atoms with E-state index in [2.05, 4.69) is 19.2 Å². The lowest BCUT2D eigenvalue weighted by molar-refractivity contribution is -0.197. The highest BCUT2D eigenvalue weighted by Gasteiger charge is 2.61. The minimum atomic E-state index is -0.572. The Morgan fingerprint density at radius 1 is 1.18 bits per heavy atom. The van der Waals surface area contributed by atoms with E-state index in [0.29, 0.717) is 24.2 Å². The lowest BCUT2D eigenvalue weighted by atomic mass is 9.50. The zero-order valence-electron chi connectivity index (χ0n) is 18.0. The fourth-order valence-corrected chi connectivity index (χ4v) is 7.03. The van der Waals surface area contributed by atoms with E-state index in [0.717, 1.165) is 49.4 Å². The number of hydroxylamine groups is 2. The van der Waals surface area contributed by atoms with Gasteiger partial charge in [0.1, 0.15) is 0 Å². The molecular formula is C23H36N2O3. The Bertz CT molecular complexity index is 724. The summed E-state index contributed by atoms with van der Waals surface area (Å²) in [7, 11) is 0. The second kappa shape index (κ2) is 6.32. The standard InChI is InChI=1S/C23H36N2O3/c1-21(2,3)25(28)20(27)18-7-6-16-15-13-24-19-12-14(26)8-10-23(19,5)17(15)9-11-22(16,18)4/h12,15-18,24,28H,6-11,13H2,1-5H3/t15?,16?,17?,18-,22+,23-/m1/s1. The van der Waals surface area contributed by atoms with Crippen molar-refractivity contribution in [3.63, 3.8) is 0 Å². The van der Waals surface area contributed by atoms with Gasteiger partial charge in [-0.1, -0.05) is 13.8 Å². The molecule has 28 heavy (non-hydrogen) atoms. The van der Waals surface area contributed by atoms with Crippen LogP contribution in [-0.4, -0.2) is 34.0 Å². The van der Waals surface area contributed by atoms with Gasteiger partial charge in [0.05, 0.1) is 5.54 Å². The summed E-state index contributed by atoms with van der Waals surface area (Å²) < 4.78 is 0. The molecule has 3 aliphatic carbocycles. The zero-order chi connectivity index (χ0) is 20.5. The van der Waals surface area contributed by atoms with Gasteiger partial charge in [-0.2, -0.15) is 0 Å². The highest BCUT2D eigenvalue weighted by Crippen LogP contribution is 2.64. The van der Waals surface area contributed by atoms with Crippen molar-refractivity contribution in [2.75, 3.05) is 6.54 Å². The second-order valence-electron chi connectivity index (χ2n) is 11.2. The van der Waals surface area contributed by atoms with E-state index in [1.807, 2.05) is 26.8 Å². The maximum Gasteiger partial charge on any atom is 0.250 e. The number of nitrogens with zero attached hydrogens (tertiary/aromatic N) is 1. The van der Waals surface area contributed by atoms with Gasteiger partial charge in [0.2, 0.25) is 5.91 Å². The topological polar surface area (TPSA) is 69.6 Å². The molecule has 0 radical (unpaired) electrons. The highest BCUT2D eigenvalue weighted by molar-refractivity contribution is 5.91. The Morgan fingerprint density at radius 2 is 1.89 bits per heavy atom. The van der Waals surface area contributed by atoms with Crippen LogP contribution in [0.3, 0.4) is 0 Å². The minimum absolute atomic E-state index is 0.0474. The van der Waals surface area contributed by atoms with Crippen molar-refractivity contribution in [2.24, 2.45) is 34.5 Å². The van der Waals surface area contributed by atoms with Crippen LogP contribution in [0.25, 0.3) is 0 Å². The lowest BCUT2D eigenvalue weighted by Crippen LogP contribution is -2.57. The summed E-state index contributed by atoms with van der Waals surface area (Å²) in [6, 6.07) is 0. The largest absolute Gasteiger partial charge is 0.387 e. The number of carbonyl (C=O) groups is 2. The normalized spacial score (nSPS) is 42.6. The van der Waals surface area contributed by atoms with E-state index in [1.54, 1.807) is 0 Å². The van der Waals surface area contributed by atoms with Crippen LogP contribution in [0.1, 0.15) is 73.1 Å². The first-order chi connectivity index (χ1) is 13.0. The fraction of sp³-hybridized carbons (Fsp3) is 0.826. The van der Waals surface area contributed by atoms with Crippen LogP contribution < -0.4 is 5.32 Å². The molecule has 3 fully saturated rings. The van der Waals surface area contributed by atoms with Crippen molar-refractivity contribution >= 4 is 11.7 Å². The third-order valence-electron chi connectivity index (χ3n) is 8.74. The van der Waals surface area contributed by atoms with Crippen LogP contribution >= 0.6 is 0 Å². The average Bonchev–Trinajstić information content (AvgIpc) is 2.97. The molecule has 0 spiro atoms. The highest BCUT2D eigenvalue weighted by atomic mass is 16.5. The van der Waals surface area contributed by atoms with Crippen molar-refractivity contribution in [3.8, 4) is 0 Å². The van der Waals surface area contributed by atoms with E-state index in [9.17, 15) is 14.8 Å². The second-order valence-corrected chi connectivity index (χ2v) is 11.2. The number of amides is 1. The number of fused-ring (bicyclic) bond motifs is 5. The van der Waals surface area contributed by atoms with Crippen LogP contribution in [0.4, 0.5) is 0 Å². The summed E-state index contributed by atoms with van der Waals surface area (Å²) in [5.74, 6) is 1.66. The molecule has 3 unspecified atom stereocenters. The van der Waals surface area contributed by atoms with Gasteiger partial charge in [0, 0.05) is 36.1 Å². The smallest absolute Gasteiger partial charge is 0.250 e. The maximum atomic E-state index is 13.2. The van der Waals surface area contributed by atoms with Gasteiger partial charge in [-0.05, 0) is 76.0 Å². The van der Waals surface area contributed by atoms with Crippen molar-refractivity contribution in [2.45, 2.75) is 78.7 Å². The molecule has 0 aromatic heterocycles. The predicted octanol–water partition coefficient (Wildman–Crippen LogP) is 3.92. The summed E-state index contributed by atoms with van der Waals surface area (Å²) in [5, 5.41) is 15.1. The van der Waals surface area contributed by atoms with E-state index >= 15 is 0 Å². The Kier molecular flexibility index (Phi) is 4.50. The lowest BCUT2D eigenvalue weighted by Gasteiger charge is -2.58. The molecule has 4 rings (SSSR count). The van der Waals surface area contributed by atoms with Crippen molar-refractivity contribution in [1.82, 2.24) is 10.4 Å². The van der Waals surface area contributed by atoms with Gasteiger partial charge in [0.15, 0.2) is 5.78 Å². The Labute approximate surface area is 168 Å². The number of hydrogen-bond acceptors (Lipinski definition) is 4. The average molecular weight is 389 g/mol. The Hall–Kier alpha value is -1.36. The molecule has 1 heterocycles. The number of ketones is 1. The summed E-state index contributed by atoms with van der Waals surface area (Å²) in [6.45, 7) is 11.2. The van der Waals surface area contributed by atoms with E-state index in [-0.39, 0.29) is 28.4 Å².